The number of nitrogens with one attached hydrogen (secondary N) is 2. The number of methoxy groups -OCH3 is 1. The summed E-state index contributed by atoms with van der Waals surface area (Å²) >= 11 is 0. The molecule has 0 saturated carbocycles. The lowest BCUT2D eigenvalue weighted by Crippen LogP contribution is -2.37. The summed E-state index contributed by atoms with van der Waals surface area (Å²) in [7, 11) is 1.43. The van der Waals surface area contributed by atoms with Crippen LogP contribution in [0.25, 0.3) is 0 Å². The predicted octanol–water partition coefficient (Wildman–Crippen LogP) is -1.98. The third-order valence-corrected chi connectivity index (χ3v) is 1.17. The first-order chi connectivity index (χ1) is 9.99. The molecule has 0 aromatic rings. The molecule has 0 radical (unpaired) electrons. The number of carbonyl (C=O) groups is 2. The monoisotopic (exact) mass is 322 g/mol. The van der Waals surface area contributed by atoms with Crippen LogP contribution in [0.2, 0.25) is 0 Å². The van der Waals surface area contributed by atoms with Crippen molar-refractivity contribution in [1.82, 2.24) is 10.6 Å². The molecule has 0 rings (SSSR count). The summed E-state index contributed by atoms with van der Waals surface area (Å²) in [5.74, 6) is -0.427. The number of rotatable bonds is 6. The van der Waals surface area contributed by atoms with Gasteiger partial charge < -0.3 is 25.6 Å². The van der Waals surface area contributed by atoms with E-state index in [0.29, 0.717) is 0 Å². The number of aliphatic hydroxyl groups is 2. The molecule has 0 spiro atoms. The Labute approximate surface area is 128 Å². The van der Waals surface area contributed by atoms with E-state index in [0.717, 1.165) is 0 Å². The van der Waals surface area contributed by atoms with Gasteiger partial charge in [0.2, 0.25) is 24.0 Å². The normalized spacial score (nSPS) is 7.09. The Hall–Kier alpha value is -2.42. The van der Waals surface area contributed by atoms with E-state index >= 15 is 0 Å². The van der Waals surface area contributed by atoms with Crippen LogP contribution < -0.4 is 10.6 Å². The first-order valence-electron chi connectivity index (χ1n) is 5.29. The smallest absolute Gasteiger partial charge is 0.247 e. The first-order valence-corrected chi connectivity index (χ1v) is 5.29. The lowest BCUT2D eigenvalue weighted by Gasteiger charge is -2.03. The molecule has 0 fully saturated rings. The number of aliphatic imine (C=N–C) groups is 2. The van der Waals surface area contributed by atoms with Crippen molar-refractivity contribution in [3.63, 3.8) is 0 Å². The number of isocyanates is 2. The standard InChI is InChI=1S/C6H12N2O3.C3H2N2O2.CH4O2.CH4/c1-5(9)7-4-8-6(10)3-11-2;6-2-4-1-5-3-7;2-1-3;/h3-4H2,1-2H3,(H,7,9)(H,8,10);1H2;2-3H,1H2;1H4. The van der Waals surface area contributed by atoms with Crippen molar-refractivity contribution < 1.29 is 34.1 Å². The highest BCUT2D eigenvalue weighted by Gasteiger charge is 1.97. The van der Waals surface area contributed by atoms with Crippen molar-refractivity contribution >= 4 is 24.0 Å². The lowest BCUT2D eigenvalue weighted by atomic mass is 10.6. The van der Waals surface area contributed by atoms with E-state index in [1.807, 2.05) is 0 Å². The molecule has 11 heteroatoms. The van der Waals surface area contributed by atoms with Crippen LogP contribution >= 0.6 is 0 Å². The van der Waals surface area contributed by atoms with Gasteiger partial charge in [0, 0.05) is 14.0 Å². The number of carbonyl (C=O) groups excluding carboxylic acids is 4. The van der Waals surface area contributed by atoms with Crippen LogP contribution in [0.1, 0.15) is 14.4 Å². The Kier molecular flexibility index (Phi) is 34.2. The SMILES string of the molecule is C.COCC(=O)NCNC(C)=O.O=C=NCN=C=O.OCO. The van der Waals surface area contributed by atoms with Crippen LogP contribution in [0, 0.1) is 0 Å². The van der Waals surface area contributed by atoms with Gasteiger partial charge in [-0.15, -0.1) is 0 Å². The summed E-state index contributed by atoms with van der Waals surface area (Å²) in [5.41, 5.74) is 0. The molecule has 0 bridgehead atoms. The molecule has 22 heavy (non-hydrogen) atoms. The maximum atomic E-state index is 10.6. The molecule has 0 aliphatic heterocycles. The summed E-state index contributed by atoms with van der Waals surface area (Å²) in [5, 5.41) is 19.1. The van der Waals surface area contributed by atoms with Crippen molar-refractivity contribution in [1.29, 1.82) is 0 Å². The third-order valence-electron chi connectivity index (χ3n) is 1.17. The van der Waals surface area contributed by atoms with Crippen LogP contribution in [0.3, 0.4) is 0 Å². The molecule has 0 aliphatic rings. The van der Waals surface area contributed by atoms with E-state index in [9.17, 15) is 19.2 Å². The molecule has 0 aromatic heterocycles. The molecule has 0 unspecified atom stereocenters. The average Bonchev–Trinajstić information content (AvgIpc) is 2.41. The Balaban J connectivity index is -0.000000127. The zero-order valence-electron chi connectivity index (χ0n) is 11.7. The van der Waals surface area contributed by atoms with Gasteiger partial charge in [-0.2, -0.15) is 9.98 Å². The average molecular weight is 322 g/mol. The Morgan fingerprint density at radius 3 is 1.91 bits per heavy atom. The molecule has 0 aliphatic carbocycles. The maximum Gasteiger partial charge on any atom is 0.247 e. The minimum absolute atomic E-state index is 0. The number of hydrogen-bond donors (Lipinski definition) is 4. The highest BCUT2D eigenvalue weighted by atomic mass is 16.5. The second-order valence-electron chi connectivity index (χ2n) is 2.72. The van der Waals surface area contributed by atoms with Gasteiger partial charge >= 0.3 is 0 Å². The quantitative estimate of drug-likeness (QED) is 0.250. The fourth-order valence-electron chi connectivity index (χ4n) is 0.542. The number of aliphatic hydroxyl groups excluding tert-OH is 1. The fraction of sp³-hybridized carbons (Fsp3) is 0.636. The van der Waals surface area contributed by atoms with E-state index in [1.165, 1.54) is 26.2 Å². The molecule has 0 atom stereocenters. The van der Waals surface area contributed by atoms with E-state index in [4.69, 9.17) is 10.2 Å². The largest absolute Gasteiger partial charge is 0.375 e. The summed E-state index contributed by atoms with van der Waals surface area (Å²) in [6.45, 7) is 0.632. The number of ether oxygens (including phenoxy) is 1. The summed E-state index contributed by atoms with van der Waals surface area (Å²) < 4.78 is 4.54. The van der Waals surface area contributed by atoms with Crippen molar-refractivity contribution in [2.24, 2.45) is 9.98 Å². The van der Waals surface area contributed by atoms with E-state index in [1.54, 1.807) is 0 Å². The second-order valence-corrected chi connectivity index (χ2v) is 2.72. The van der Waals surface area contributed by atoms with E-state index in [2.05, 4.69) is 25.4 Å². The van der Waals surface area contributed by atoms with Crippen molar-refractivity contribution in [2.45, 2.75) is 14.4 Å². The van der Waals surface area contributed by atoms with Crippen molar-refractivity contribution in [2.75, 3.05) is 33.8 Å². The number of amides is 2. The summed E-state index contributed by atoms with van der Waals surface area (Å²) in [6, 6.07) is 0. The number of hydrogen-bond acceptors (Lipinski definition) is 9. The minimum atomic E-state index is -0.750. The molecule has 4 N–H and O–H groups in total. The predicted molar refractivity (Wildman–Crippen MR) is 75.8 cm³/mol. The molecule has 0 aromatic carbocycles. The molecule has 0 heterocycles. The molecular weight excluding hydrogens is 300 g/mol. The maximum absolute atomic E-state index is 10.6. The van der Waals surface area contributed by atoms with Gasteiger partial charge in [0.1, 0.15) is 13.4 Å². The highest BCUT2D eigenvalue weighted by Crippen LogP contribution is 1.66. The molecule has 128 valence electrons. The molecule has 11 nitrogen and oxygen atoms in total. The minimum Gasteiger partial charge on any atom is -0.375 e. The van der Waals surface area contributed by atoms with E-state index < -0.39 is 6.79 Å². The molecular formula is C11H22N4O7. The van der Waals surface area contributed by atoms with Crippen LogP contribution in [-0.2, 0) is 23.9 Å². The van der Waals surface area contributed by atoms with Crippen molar-refractivity contribution in [3.05, 3.63) is 0 Å². The fourth-order valence-corrected chi connectivity index (χ4v) is 0.542. The van der Waals surface area contributed by atoms with Gasteiger partial charge in [-0.05, 0) is 0 Å². The Morgan fingerprint density at radius 1 is 1.14 bits per heavy atom. The van der Waals surface area contributed by atoms with Gasteiger partial charge in [-0.3, -0.25) is 9.59 Å². The Morgan fingerprint density at radius 2 is 1.59 bits per heavy atom. The van der Waals surface area contributed by atoms with Gasteiger partial charge in [0.25, 0.3) is 0 Å². The Bertz CT molecular complexity index is 347. The van der Waals surface area contributed by atoms with Crippen molar-refractivity contribution in [3.8, 4) is 0 Å². The van der Waals surface area contributed by atoms with Gasteiger partial charge in [-0.1, -0.05) is 7.43 Å². The van der Waals surface area contributed by atoms with Crippen LogP contribution in [0.5, 0.6) is 0 Å². The zero-order valence-corrected chi connectivity index (χ0v) is 11.7. The second kappa shape index (κ2) is 27.0. The number of nitrogens with zero attached hydrogens (tertiary/aromatic N) is 2. The van der Waals surface area contributed by atoms with Crippen LogP contribution in [0.4, 0.5) is 0 Å². The highest BCUT2D eigenvalue weighted by molar-refractivity contribution is 5.78. The first kappa shape index (κ1) is 27.8. The summed E-state index contributed by atoms with van der Waals surface area (Å²) in [4.78, 5) is 45.2. The molecule has 0 saturated heterocycles. The van der Waals surface area contributed by atoms with E-state index in [-0.39, 0.29) is 39.2 Å². The van der Waals surface area contributed by atoms with Crippen LogP contribution in [-0.4, -0.2) is 68.0 Å². The third kappa shape index (κ3) is 43.2. The van der Waals surface area contributed by atoms with Crippen LogP contribution in [0.15, 0.2) is 9.98 Å². The zero-order chi connectivity index (χ0) is 16.9. The van der Waals surface area contributed by atoms with Gasteiger partial charge in [-0.25, -0.2) is 9.59 Å². The lowest BCUT2D eigenvalue weighted by molar-refractivity contribution is -0.125. The van der Waals surface area contributed by atoms with Gasteiger partial charge in [0.05, 0.1) is 6.67 Å². The topological polar surface area (TPSA) is 167 Å². The van der Waals surface area contributed by atoms with Gasteiger partial charge in [0.15, 0.2) is 6.67 Å². The molecule has 2 amide bonds. The summed E-state index contributed by atoms with van der Waals surface area (Å²) in [6.07, 6.45) is 2.41.